The number of ether oxygens (including phenoxy) is 1. The van der Waals surface area contributed by atoms with Crippen LogP contribution < -0.4 is 10.2 Å². The molecule has 1 aromatic heterocycles. The lowest BCUT2D eigenvalue weighted by molar-refractivity contribution is -0.384. The average Bonchev–Trinajstić information content (AvgIpc) is 3.27. The van der Waals surface area contributed by atoms with Gasteiger partial charge in [-0.25, -0.2) is 0 Å². The Hall–Kier alpha value is -3.62. The van der Waals surface area contributed by atoms with Gasteiger partial charge in [0.05, 0.1) is 35.1 Å². The summed E-state index contributed by atoms with van der Waals surface area (Å²) in [6, 6.07) is 15.0. The molecule has 0 unspecified atom stereocenters. The number of nitro benzene ring substituents is 1. The number of para-hydroxylation sites is 1. The van der Waals surface area contributed by atoms with Crippen LogP contribution >= 0.6 is 11.6 Å². The molecule has 1 aliphatic rings. The van der Waals surface area contributed by atoms with Gasteiger partial charge in [-0.15, -0.1) is 0 Å². The molecule has 1 saturated heterocycles. The lowest BCUT2D eigenvalue weighted by Crippen LogP contribution is -2.36. The molecule has 32 heavy (non-hydrogen) atoms. The molecule has 0 aliphatic carbocycles. The van der Waals surface area contributed by atoms with E-state index in [0.29, 0.717) is 41.0 Å². The van der Waals surface area contributed by atoms with Crippen molar-refractivity contribution in [3.8, 4) is 11.3 Å². The van der Waals surface area contributed by atoms with Crippen molar-refractivity contribution < 1.29 is 18.9 Å². The zero-order valence-electron chi connectivity index (χ0n) is 17.0. The summed E-state index contributed by atoms with van der Waals surface area (Å²) in [6.45, 7) is 2.69. The summed E-state index contributed by atoms with van der Waals surface area (Å²) < 4.78 is 11.1. The van der Waals surface area contributed by atoms with Crippen molar-refractivity contribution in [2.24, 2.45) is 0 Å². The first kappa shape index (κ1) is 21.6. The van der Waals surface area contributed by atoms with Gasteiger partial charge in [-0.1, -0.05) is 23.7 Å². The van der Waals surface area contributed by atoms with Crippen LogP contribution in [0, 0.1) is 10.1 Å². The van der Waals surface area contributed by atoms with Crippen molar-refractivity contribution in [2.75, 3.05) is 36.5 Å². The maximum absolute atomic E-state index is 12.5. The van der Waals surface area contributed by atoms with E-state index in [1.54, 1.807) is 42.5 Å². The van der Waals surface area contributed by atoms with Crippen LogP contribution in [0.1, 0.15) is 5.76 Å². The standard InChI is InChI=1S/C23H20ClN3O5/c24-16-5-8-21(26-11-13-31-14-12-26)19(15-16)25-23(28)10-7-17-6-9-22(32-17)18-3-1-2-4-20(18)27(29)30/h1-10,15H,11-14H2,(H,25,28)/b10-7+. The molecule has 0 atom stereocenters. The Morgan fingerprint density at radius 2 is 1.91 bits per heavy atom. The van der Waals surface area contributed by atoms with Crippen LogP contribution in [0.5, 0.6) is 0 Å². The zero-order chi connectivity index (χ0) is 22.5. The maximum Gasteiger partial charge on any atom is 0.280 e. The van der Waals surface area contributed by atoms with Gasteiger partial charge in [0.15, 0.2) is 0 Å². The van der Waals surface area contributed by atoms with Crippen LogP contribution in [0.3, 0.4) is 0 Å². The Bertz CT molecular complexity index is 1170. The third-order valence-corrected chi connectivity index (χ3v) is 5.20. The quantitative estimate of drug-likeness (QED) is 0.320. The van der Waals surface area contributed by atoms with E-state index < -0.39 is 4.92 Å². The van der Waals surface area contributed by atoms with E-state index in [2.05, 4.69) is 10.2 Å². The minimum Gasteiger partial charge on any atom is -0.456 e. The predicted molar refractivity (Wildman–Crippen MR) is 123 cm³/mol. The fraction of sp³-hybridized carbons (Fsp3) is 0.174. The highest BCUT2D eigenvalue weighted by molar-refractivity contribution is 6.31. The highest BCUT2D eigenvalue weighted by Gasteiger charge is 2.18. The molecule has 2 aromatic carbocycles. The largest absolute Gasteiger partial charge is 0.456 e. The number of anilines is 2. The molecule has 2 heterocycles. The first-order valence-electron chi connectivity index (χ1n) is 9.96. The molecule has 0 radical (unpaired) electrons. The molecule has 0 bridgehead atoms. The molecular weight excluding hydrogens is 434 g/mol. The van der Waals surface area contributed by atoms with E-state index in [-0.39, 0.29) is 11.6 Å². The first-order chi connectivity index (χ1) is 15.5. The summed E-state index contributed by atoms with van der Waals surface area (Å²) in [4.78, 5) is 25.4. The number of nitro groups is 1. The van der Waals surface area contributed by atoms with Crippen LogP contribution in [0.15, 0.2) is 65.1 Å². The number of carbonyl (C=O) groups is 1. The molecule has 164 valence electrons. The average molecular weight is 454 g/mol. The topological polar surface area (TPSA) is 97.8 Å². The number of hydrogen-bond acceptors (Lipinski definition) is 6. The van der Waals surface area contributed by atoms with E-state index in [0.717, 1.165) is 18.8 Å². The normalized spacial score (nSPS) is 14.0. The highest BCUT2D eigenvalue weighted by Crippen LogP contribution is 2.32. The van der Waals surface area contributed by atoms with E-state index in [9.17, 15) is 14.9 Å². The third-order valence-electron chi connectivity index (χ3n) is 4.96. The minimum atomic E-state index is -0.460. The van der Waals surface area contributed by atoms with Gasteiger partial charge < -0.3 is 19.4 Å². The SMILES string of the molecule is O=C(/C=C/c1ccc(-c2ccccc2[N+](=O)[O-])o1)Nc1cc(Cl)ccc1N1CCOCC1. The van der Waals surface area contributed by atoms with Crippen molar-refractivity contribution in [2.45, 2.75) is 0 Å². The van der Waals surface area contributed by atoms with E-state index in [1.807, 2.05) is 6.07 Å². The number of carbonyl (C=O) groups excluding carboxylic acids is 1. The summed E-state index contributed by atoms with van der Waals surface area (Å²) in [6.07, 6.45) is 2.85. The zero-order valence-corrected chi connectivity index (χ0v) is 17.7. The van der Waals surface area contributed by atoms with Gasteiger partial charge in [0.2, 0.25) is 5.91 Å². The highest BCUT2D eigenvalue weighted by atomic mass is 35.5. The summed E-state index contributed by atoms with van der Waals surface area (Å²) in [7, 11) is 0. The Kier molecular flexibility index (Phi) is 6.53. The van der Waals surface area contributed by atoms with Gasteiger partial charge >= 0.3 is 0 Å². The van der Waals surface area contributed by atoms with Crippen molar-refractivity contribution in [3.63, 3.8) is 0 Å². The lowest BCUT2D eigenvalue weighted by Gasteiger charge is -2.30. The molecule has 8 nitrogen and oxygen atoms in total. The van der Waals surface area contributed by atoms with Gasteiger partial charge in [0.1, 0.15) is 11.5 Å². The second-order valence-corrected chi connectivity index (χ2v) is 7.50. The predicted octanol–water partition coefficient (Wildman–Crippen LogP) is 5.00. The number of rotatable bonds is 6. The number of benzene rings is 2. The Morgan fingerprint density at radius 3 is 2.69 bits per heavy atom. The molecule has 9 heteroatoms. The van der Waals surface area contributed by atoms with Crippen LogP contribution in [0.25, 0.3) is 17.4 Å². The smallest absolute Gasteiger partial charge is 0.280 e. The van der Waals surface area contributed by atoms with Gasteiger partial charge in [-0.3, -0.25) is 14.9 Å². The van der Waals surface area contributed by atoms with E-state index in [1.165, 1.54) is 18.2 Å². The Balaban J connectivity index is 1.49. The van der Waals surface area contributed by atoms with E-state index in [4.69, 9.17) is 20.8 Å². The summed E-state index contributed by atoms with van der Waals surface area (Å²) in [5.74, 6) is 0.389. The van der Waals surface area contributed by atoms with Crippen LogP contribution in [-0.4, -0.2) is 37.1 Å². The second kappa shape index (κ2) is 9.67. The fourth-order valence-corrected chi connectivity index (χ4v) is 3.62. The molecule has 1 N–H and O–H groups in total. The van der Waals surface area contributed by atoms with E-state index >= 15 is 0 Å². The summed E-state index contributed by atoms with van der Waals surface area (Å²) in [5.41, 5.74) is 1.80. The molecule has 1 amide bonds. The second-order valence-electron chi connectivity index (χ2n) is 7.06. The number of nitrogens with zero attached hydrogens (tertiary/aromatic N) is 2. The number of furan rings is 1. The molecule has 3 aromatic rings. The van der Waals surface area contributed by atoms with Gasteiger partial charge in [0, 0.05) is 30.3 Å². The number of hydrogen-bond donors (Lipinski definition) is 1. The molecule has 1 aliphatic heterocycles. The summed E-state index contributed by atoms with van der Waals surface area (Å²) in [5, 5.41) is 14.6. The van der Waals surface area contributed by atoms with Crippen molar-refractivity contribution in [1.82, 2.24) is 0 Å². The molecule has 0 saturated carbocycles. The number of halogens is 1. The molecule has 4 rings (SSSR count). The molecule has 0 spiro atoms. The van der Waals surface area contributed by atoms with Crippen LogP contribution in [-0.2, 0) is 9.53 Å². The maximum atomic E-state index is 12.5. The van der Waals surface area contributed by atoms with Crippen LogP contribution in [0.4, 0.5) is 17.1 Å². The van der Waals surface area contributed by atoms with Crippen LogP contribution in [0.2, 0.25) is 5.02 Å². The number of nitrogens with one attached hydrogen (secondary N) is 1. The fourth-order valence-electron chi connectivity index (χ4n) is 3.45. The first-order valence-corrected chi connectivity index (χ1v) is 10.3. The van der Waals surface area contributed by atoms with Crippen molar-refractivity contribution in [3.05, 3.63) is 81.6 Å². The summed E-state index contributed by atoms with van der Waals surface area (Å²) >= 11 is 6.13. The third kappa shape index (κ3) is 4.99. The van der Waals surface area contributed by atoms with Gasteiger partial charge in [-0.2, -0.15) is 0 Å². The monoisotopic (exact) mass is 453 g/mol. The van der Waals surface area contributed by atoms with Gasteiger partial charge in [0.25, 0.3) is 5.69 Å². The number of morpholine rings is 1. The van der Waals surface area contributed by atoms with Crippen molar-refractivity contribution in [1.29, 1.82) is 0 Å². The Labute approximate surface area is 189 Å². The van der Waals surface area contributed by atoms with Crippen molar-refractivity contribution >= 4 is 40.6 Å². The number of amides is 1. The minimum absolute atomic E-state index is 0.0493. The molecule has 1 fully saturated rings. The Morgan fingerprint density at radius 1 is 1.12 bits per heavy atom. The lowest BCUT2D eigenvalue weighted by atomic mass is 10.1. The van der Waals surface area contributed by atoms with Gasteiger partial charge in [-0.05, 0) is 42.5 Å². The molecular formula is C23H20ClN3O5.